The van der Waals surface area contributed by atoms with Gasteiger partial charge in [0.25, 0.3) is 0 Å². The van der Waals surface area contributed by atoms with Crippen LogP contribution in [-0.4, -0.2) is 10.8 Å². The van der Waals surface area contributed by atoms with E-state index in [2.05, 4.69) is 20.9 Å². The van der Waals surface area contributed by atoms with E-state index in [1.165, 1.54) is 12.1 Å². The highest BCUT2D eigenvalue weighted by molar-refractivity contribution is 9.10. The second kappa shape index (κ2) is 5.74. The Balaban J connectivity index is 1.99. The fourth-order valence-corrected chi connectivity index (χ4v) is 2.76. The fraction of sp³-hybridized carbons (Fsp3) is 0.0588. The molecular formula is C17H11BrFNO. The molecule has 0 saturated heterocycles. The van der Waals surface area contributed by atoms with E-state index in [0.717, 1.165) is 16.5 Å². The fourth-order valence-electron chi connectivity index (χ4n) is 2.29. The number of hydrogen-bond acceptors (Lipinski definition) is 2. The van der Waals surface area contributed by atoms with Gasteiger partial charge in [0.15, 0.2) is 5.78 Å². The molecule has 104 valence electrons. The minimum Gasteiger partial charge on any atom is -0.294 e. The summed E-state index contributed by atoms with van der Waals surface area (Å²) in [6.45, 7) is 0. The van der Waals surface area contributed by atoms with Gasteiger partial charge in [0, 0.05) is 28.0 Å². The van der Waals surface area contributed by atoms with Gasteiger partial charge in [-0.05, 0) is 35.9 Å². The molecule has 1 heterocycles. The van der Waals surface area contributed by atoms with Crippen LogP contribution in [0.4, 0.5) is 4.39 Å². The van der Waals surface area contributed by atoms with Gasteiger partial charge in [0.2, 0.25) is 0 Å². The Labute approximate surface area is 129 Å². The Kier molecular flexibility index (Phi) is 3.80. The van der Waals surface area contributed by atoms with Gasteiger partial charge in [-0.25, -0.2) is 4.39 Å². The molecule has 0 spiro atoms. The third-order valence-corrected chi connectivity index (χ3v) is 4.01. The van der Waals surface area contributed by atoms with Gasteiger partial charge in [-0.15, -0.1) is 0 Å². The van der Waals surface area contributed by atoms with Gasteiger partial charge >= 0.3 is 0 Å². The van der Waals surface area contributed by atoms with E-state index in [-0.39, 0.29) is 12.2 Å². The number of carbonyl (C=O) groups excluding carboxylic acids is 1. The average Bonchev–Trinajstić information content (AvgIpc) is 2.50. The minimum atomic E-state index is -0.416. The maximum Gasteiger partial charge on any atom is 0.168 e. The average molecular weight is 344 g/mol. The molecule has 0 N–H and O–H groups in total. The largest absolute Gasteiger partial charge is 0.294 e. The Morgan fingerprint density at radius 2 is 1.95 bits per heavy atom. The first kappa shape index (κ1) is 13.9. The molecular weight excluding hydrogens is 333 g/mol. The van der Waals surface area contributed by atoms with Crippen molar-refractivity contribution in [2.24, 2.45) is 0 Å². The topological polar surface area (TPSA) is 30.0 Å². The van der Waals surface area contributed by atoms with Crippen molar-refractivity contribution in [1.29, 1.82) is 0 Å². The molecule has 2 nitrogen and oxygen atoms in total. The third-order valence-electron chi connectivity index (χ3n) is 3.32. The number of hydrogen-bond donors (Lipinski definition) is 0. The van der Waals surface area contributed by atoms with E-state index in [1.54, 1.807) is 12.3 Å². The predicted octanol–water partition coefficient (Wildman–Crippen LogP) is 4.56. The molecule has 3 aromatic rings. The molecule has 2 aromatic carbocycles. The van der Waals surface area contributed by atoms with Gasteiger partial charge in [-0.2, -0.15) is 0 Å². The zero-order valence-electron chi connectivity index (χ0n) is 11.0. The van der Waals surface area contributed by atoms with Crippen molar-refractivity contribution >= 4 is 32.6 Å². The van der Waals surface area contributed by atoms with Crippen molar-refractivity contribution in [3.8, 4) is 0 Å². The summed E-state index contributed by atoms with van der Waals surface area (Å²) in [7, 11) is 0. The van der Waals surface area contributed by atoms with E-state index in [0.29, 0.717) is 10.0 Å². The number of Topliss-reactive ketones (excluding diaryl/α,β-unsaturated/α-hetero) is 1. The van der Waals surface area contributed by atoms with Crippen molar-refractivity contribution < 1.29 is 9.18 Å². The van der Waals surface area contributed by atoms with Gasteiger partial charge < -0.3 is 0 Å². The highest BCUT2D eigenvalue weighted by atomic mass is 79.9. The van der Waals surface area contributed by atoms with Crippen LogP contribution in [0.25, 0.3) is 10.9 Å². The van der Waals surface area contributed by atoms with E-state index in [4.69, 9.17) is 0 Å². The maximum atomic E-state index is 13.3. The molecule has 3 rings (SSSR count). The van der Waals surface area contributed by atoms with E-state index < -0.39 is 5.82 Å². The van der Waals surface area contributed by atoms with Crippen LogP contribution in [0.5, 0.6) is 0 Å². The highest BCUT2D eigenvalue weighted by Gasteiger charge is 2.13. The monoisotopic (exact) mass is 343 g/mol. The normalized spacial score (nSPS) is 10.8. The van der Waals surface area contributed by atoms with Gasteiger partial charge in [0.05, 0.1) is 5.52 Å². The summed E-state index contributed by atoms with van der Waals surface area (Å²) in [5, 5.41) is 0.945. The van der Waals surface area contributed by atoms with Crippen molar-refractivity contribution in [2.75, 3.05) is 0 Å². The second-order valence-electron chi connectivity index (χ2n) is 4.71. The van der Waals surface area contributed by atoms with E-state index >= 15 is 0 Å². The molecule has 4 heteroatoms. The number of nitrogens with zero attached hydrogens (tertiary/aromatic N) is 1. The molecule has 0 aliphatic heterocycles. The highest BCUT2D eigenvalue weighted by Crippen LogP contribution is 2.22. The molecule has 0 radical (unpaired) electrons. The summed E-state index contributed by atoms with van der Waals surface area (Å²) in [4.78, 5) is 16.7. The maximum absolute atomic E-state index is 13.3. The number of fused-ring (bicyclic) bond motifs is 1. The van der Waals surface area contributed by atoms with Crippen LogP contribution in [0.1, 0.15) is 15.9 Å². The molecule has 0 unspecified atom stereocenters. The Morgan fingerprint density at radius 1 is 1.14 bits per heavy atom. The smallest absolute Gasteiger partial charge is 0.168 e. The molecule has 0 bridgehead atoms. The molecule has 0 amide bonds. The van der Waals surface area contributed by atoms with Crippen molar-refractivity contribution in [1.82, 2.24) is 4.98 Å². The second-order valence-corrected chi connectivity index (χ2v) is 5.57. The summed E-state index contributed by atoms with van der Waals surface area (Å²) >= 11 is 3.29. The Bertz CT molecular complexity index is 827. The molecule has 0 aliphatic carbocycles. The molecule has 21 heavy (non-hydrogen) atoms. The summed E-state index contributed by atoms with van der Waals surface area (Å²) in [5.74, 6) is -0.543. The number of para-hydroxylation sites is 1. The Morgan fingerprint density at radius 3 is 2.81 bits per heavy atom. The van der Waals surface area contributed by atoms with Gasteiger partial charge in [-0.1, -0.05) is 34.1 Å². The standard InChI is InChI=1S/C17H11BrFNO/c18-15-6-5-12(19)10-14(15)17(21)9-11-7-8-20-16-4-2-1-3-13(11)16/h1-8,10H,9H2. The molecule has 0 aliphatic rings. The van der Waals surface area contributed by atoms with Crippen LogP contribution in [0.3, 0.4) is 0 Å². The SMILES string of the molecule is O=C(Cc1ccnc2ccccc12)c1cc(F)ccc1Br. The number of pyridine rings is 1. The molecule has 1 aromatic heterocycles. The van der Waals surface area contributed by atoms with Crippen LogP contribution in [-0.2, 0) is 6.42 Å². The number of benzene rings is 2. The lowest BCUT2D eigenvalue weighted by atomic mass is 10.00. The van der Waals surface area contributed by atoms with Gasteiger partial charge in [0.1, 0.15) is 5.82 Å². The lowest BCUT2D eigenvalue weighted by molar-refractivity contribution is 0.0992. The summed E-state index contributed by atoms with van der Waals surface area (Å²) in [6, 6.07) is 13.6. The van der Waals surface area contributed by atoms with E-state index in [9.17, 15) is 9.18 Å². The quantitative estimate of drug-likeness (QED) is 0.652. The minimum absolute atomic E-state index is 0.127. The van der Waals surface area contributed by atoms with Crippen molar-refractivity contribution in [3.05, 3.63) is 76.1 Å². The lowest BCUT2D eigenvalue weighted by Gasteiger charge is -2.07. The van der Waals surface area contributed by atoms with Crippen LogP contribution >= 0.6 is 15.9 Å². The van der Waals surface area contributed by atoms with Crippen molar-refractivity contribution in [2.45, 2.75) is 6.42 Å². The number of halogens is 2. The first-order valence-corrected chi connectivity index (χ1v) is 7.25. The number of rotatable bonds is 3. The van der Waals surface area contributed by atoms with Crippen LogP contribution in [0.15, 0.2) is 59.2 Å². The summed E-state index contributed by atoms with van der Waals surface area (Å²) < 4.78 is 13.9. The van der Waals surface area contributed by atoms with Crippen LogP contribution in [0, 0.1) is 5.82 Å². The first-order chi connectivity index (χ1) is 10.1. The van der Waals surface area contributed by atoms with Crippen LogP contribution in [0.2, 0.25) is 0 Å². The van der Waals surface area contributed by atoms with Crippen molar-refractivity contribution in [3.63, 3.8) is 0 Å². The summed E-state index contributed by atoms with van der Waals surface area (Å²) in [6.07, 6.45) is 1.90. The molecule has 0 saturated carbocycles. The van der Waals surface area contributed by atoms with Gasteiger partial charge in [-0.3, -0.25) is 9.78 Å². The molecule has 0 fully saturated rings. The summed E-state index contributed by atoms with van der Waals surface area (Å²) in [5.41, 5.74) is 2.10. The number of ketones is 1. The third kappa shape index (κ3) is 2.85. The zero-order valence-corrected chi connectivity index (χ0v) is 12.6. The number of aromatic nitrogens is 1. The Hall–Kier alpha value is -2.07. The van der Waals surface area contributed by atoms with E-state index in [1.807, 2.05) is 30.3 Å². The number of carbonyl (C=O) groups is 1. The first-order valence-electron chi connectivity index (χ1n) is 6.46. The zero-order chi connectivity index (χ0) is 14.8. The molecule has 0 atom stereocenters. The van der Waals surface area contributed by atoms with Crippen LogP contribution < -0.4 is 0 Å². The predicted molar refractivity (Wildman–Crippen MR) is 83.9 cm³/mol. The lowest BCUT2D eigenvalue weighted by Crippen LogP contribution is -2.05.